The van der Waals surface area contributed by atoms with Gasteiger partial charge in [-0.25, -0.2) is 0 Å². The summed E-state index contributed by atoms with van der Waals surface area (Å²) in [5.41, 5.74) is 15.1. The Bertz CT molecular complexity index is 2130. The number of allylic oxidation sites excluding steroid dienone is 1. The van der Waals surface area contributed by atoms with Crippen molar-refractivity contribution in [3.63, 3.8) is 0 Å². The van der Waals surface area contributed by atoms with E-state index in [0.717, 1.165) is 12.8 Å². The van der Waals surface area contributed by atoms with Gasteiger partial charge in [-0.2, -0.15) is 0 Å². The summed E-state index contributed by atoms with van der Waals surface area (Å²) in [6.45, 7) is 0. The van der Waals surface area contributed by atoms with E-state index in [0.29, 0.717) is 0 Å². The molecule has 0 bridgehead atoms. The molecule has 6 aromatic carbocycles. The zero-order valence-corrected chi connectivity index (χ0v) is 23.9. The Morgan fingerprint density at radius 3 is 1.53 bits per heavy atom. The molecule has 0 radical (unpaired) electrons. The Morgan fingerprint density at radius 2 is 0.907 bits per heavy atom. The van der Waals surface area contributed by atoms with Gasteiger partial charge in [-0.15, -0.1) is 0 Å². The van der Waals surface area contributed by atoms with E-state index in [-0.39, 0.29) is 0 Å². The molecule has 1 heterocycles. The summed E-state index contributed by atoms with van der Waals surface area (Å²) in [7, 11) is 0. The molecule has 0 fully saturated rings. The highest BCUT2D eigenvalue weighted by Crippen LogP contribution is 2.36. The van der Waals surface area contributed by atoms with Crippen molar-refractivity contribution in [2.75, 3.05) is 0 Å². The third-order valence-electron chi connectivity index (χ3n) is 8.65. The van der Waals surface area contributed by atoms with E-state index < -0.39 is 0 Å². The van der Waals surface area contributed by atoms with Crippen molar-refractivity contribution in [1.82, 2.24) is 4.57 Å². The smallest absolute Gasteiger partial charge is 0.0537 e. The Kier molecular flexibility index (Phi) is 6.35. The lowest BCUT2D eigenvalue weighted by atomic mass is 9.95. The number of hydrogen-bond donors (Lipinski definition) is 0. The van der Waals surface area contributed by atoms with Crippen LogP contribution in [0, 0.1) is 0 Å². The zero-order valence-electron chi connectivity index (χ0n) is 23.9. The van der Waals surface area contributed by atoms with Gasteiger partial charge in [0, 0.05) is 22.3 Å². The number of aromatic nitrogens is 1. The molecule has 43 heavy (non-hydrogen) atoms. The van der Waals surface area contributed by atoms with Crippen LogP contribution in [0.5, 0.6) is 0 Å². The first-order valence-electron chi connectivity index (χ1n) is 15.1. The third-order valence-corrected chi connectivity index (χ3v) is 8.65. The number of para-hydroxylation sites is 1. The van der Waals surface area contributed by atoms with Gasteiger partial charge in [-0.05, 0) is 93.7 Å². The summed E-state index contributed by atoms with van der Waals surface area (Å²) in [4.78, 5) is 0. The summed E-state index contributed by atoms with van der Waals surface area (Å²) in [6, 6.07) is 55.0. The fraction of sp³-hybridized carbons (Fsp3) is 0.0476. The number of benzene rings is 6. The van der Waals surface area contributed by atoms with Gasteiger partial charge in [-0.1, -0.05) is 127 Å². The SMILES string of the molecule is C1=Cc2c(n(-c3cccc(-c4cccc(-c5cccc(-c6cccc(-c7ccccc7)c6)c5)c4)c3)c3ccccc23)CC1. The number of hydrogen-bond acceptors (Lipinski definition) is 0. The van der Waals surface area contributed by atoms with E-state index in [2.05, 4.69) is 168 Å². The fourth-order valence-corrected chi connectivity index (χ4v) is 6.56. The minimum absolute atomic E-state index is 1.06. The van der Waals surface area contributed by atoms with Gasteiger partial charge >= 0.3 is 0 Å². The number of nitrogens with zero attached hydrogens (tertiary/aromatic N) is 1. The molecule has 0 saturated carbocycles. The molecule has 0 spiro atoms. The normalized spacial score (nSPS) is 12.4. The molecule has 0 unspecified atom stereocenters. The molecule has 8 rings (SSSR count). The van der Waals surface area contributed by atoms with Crippen molar-refractivity contribution in [1.29, 1.82) is 0 Å². The minimum Gasteiger partial charge on any atom is -0.313 e. The molecule has 1 aromatic heterocycles. The summed E-state index contributed by atoms with van der Waals surface area (Å²) in [5, 5.41) is 1.33. The van der Waals surface area contributed by atoms with Crippen LogP contribution in [-0.2, 0) is 6.42 Å². The highest BCUT2D eigenvalue weighted by molar-refractivity contribution is 5.93. The lowest BCUT2D eigenvalue weighted by molar-refractivity contribution is 0.889. The van der Waals surface area contributed by atoms with E-state index >= 15 is 0 Å². The van der Waals surface area contributed by atoms with Gasteiger partial charge in [-0.3, -0.25) is 0 Å². The second-order valence-corrected chi connectivity index (χ2v) is 11.3. The van der Waals surface area contributed by atoms with Crippen LogP contribution in [-0.4, -0.2) is 4.57 Å². The maximum Gasteiger partial charge on any atom is 0.0537 e. The van der Waals surface area contributed by atoms with Crippen LogP contribution < -0.4 is 0 Å². The molecule has 1 nitrogen and oxygen atoms in total. The van der Waals surface area contributed by atoms with Gasteiger partial charge in [0.1, 0.15) is 0 Å². The summed E-state index contributed by atoms with van der Waals surface area (Å²) < 4.78 is 2.47. The Morgan fingerprint density at radius 1 is 0.419 bits per heavy atom. The molecule has 0 saturated heterocycles. The van der Waals surface area contributed by atoms with E-state index in [1.165, 1.54) is 72.4 Å². The average Bonchev–Trinajstić information content (AvgIpc) is 3.43. The van der Waals surface area contributed by atoms with E-state index in [1.807, 2.05) is 0 Å². The summed E-state index contributed by atoms with van der Waals surface area (Å²) >= 11 is 0. The Labute approximate surface area is 253 Å². The van der Waals surface area contributed by atoms with Gasteiger partial charge in [0.15, 0.2) is 0 Å². The topological polar surface area (TPSA) is 4.93 Å². The van der Waals surface area contributed by atoms with Gasteiger partial charge in [0.25, 0.3) is 0 Å². The lowest BCUT2D eigenvalue weighted by Crippen LogP contribution is -2.03. The molecule has 0 N–H and O–H groups in total. The Hall–Kier alpha value is -5.40. The molecule has 1 aliphatic rings. The molecule has 0 aliphatic heterocycles. The van der Waals surface area contributed by atoms with E-state index in [4.69, 9.17) is 0 Å². The maximum absolute atomic E-state index is 2.47. The monoisotopic (exact) mass is 549 g/mol. The summed E-state index contributed by atoms with van der Waals surface area (Å²) in [5.74, 6) is 0. The van der Waals surface area contributed by atoms with Crippen molar-refractivity contribution in [2.24, 2.45) is 0 Å². The maximum atomic E-state index is 2.47. The van der Waals surface area contributed by atoms with E-state index in [9.17, 15) is 0 Å². The molecular formula is C42H31N. The first-order chi connectivity index (χ1) is 21.3. The quantitative estimate of drug-likeness (QED) is 0.201. The van der Waals surface area contributed by atoms with Crippen LogP contribution >= 0.6 is 0 Å². The molecule has 0 amide bonds. The van der Waals surface area contributed by atoms with Crippen LogP contribution in [0.4, 0.5) is 0 Å². The largest absolute Gasteiger partial charge is 0.313 e. The van der Waals surface area contributed by atoms with Crippen LogP contribution in [0.25, 0.3) is 67.2 Å². The number of rotatable bonds is 5. The molecule has 1 aliphatic carbocycles. The molecule has 204 valence electrons. The average molecular weight is 550 g/mol. The predicted molar refractivity (Wildman–Crippen MR) is 182 cm³/mol. The van der Waals surface area contributed by atoms with Crippen molar-refractivity contribution < 1.29 is 0 Å². The first-order valence-corrected chi connectivity index (χ1v) is 15.1. The summed E-state index contributed by atoms with van der Waals surface area (Å²) in [6.07, 6.45) is 6.75. The Balaban J connectivity index is 1.16. The van der Waals surface area contributed by atoms with Crippen molar-refractivity contribution >= 4 is 17.0 Å². The minimum atomic E-state index is 1.06. The van der Waals surface area contributed by atoms with Crippen molar-refractivity contribution in [3.8, 4) is 50.2 Å². The predicted octanol–water partition coefficient (Wildman–Crippen LogP) is 11.3. The lowest BCUT2D eigenvalue weighted by Gasteiger charge is -2.15. The highest BCUT2D eigenvalue weighted by atomic mass is 15.0. The molecule has 0 atom stereocenters. The molecular weight excluding hydrogens is 518 g/mol. The van der Waals surface area contributed by atoms with Gasteiger partial charge in [0.05, 0.1) is 5.52 Å². The zero-order chi connectivity index (χ0) is 28.6. The second kappa shape index (κ2) is 10.8. The van der Waals surface area contributed by atoms with Crippen molar-refractivity contribution in [3.05, 3.63) is 169 Å². The first kappa shape index (κ1) is 25.3. The van der Waals surface area contributed by atoms with Crippen LogP contribution in [0.3, 0.4) is 0 Å². The van der Waals surface area contributed by atoms with Crippen molar-refractivity contribution in [2.45, 2.75) is 12.8 Å². The standard InChI is InChI=1S/C42H31N/c1-2-12-30(13-3-1)31-14-8-15-32(26-31)33-16-9-17-34(27-33)35-18-10-19-36(28-35)37-20-11-21-38(29-37)43-41-24-6-4-22-39(41)40-23-5-7-25-42(40)43/h1-6,8-24,26-29H,7,25H2. The number of fused-ring (bicyclic) bond motifs is 3. The molecule has 7 aromatic rings. The van der Waals surface area contributed by atoms with Crippen LogP contribution in [0.1, 0.15) is 17.7 Å². The highest BCUT2D eigenvalue weighted by Gasteiger charge is 2.18. The third kappa shape index (κ3) is 4.70. The van der Waals surface area contributed by atoms with E-state index in [1.54, 1.807) is 0 Å². The van der Waals surface area contributed by atoms with Gasteiger partial charge < -0.3 is 4.57 Å². The molecule has 1 heteroatoms. The van der Waals surface area contributed by atoms with Crippen LogP contribution in [0.2, 0.25) is 0 Å². The fourth-order valence-electron chi connectivity index (χ4n) is 6.56. The second-order valence-electron chi connectivity index (χ2n) is 11.3. The van der Waals surface area contributed by atoms with Gasteiger partial charge in [0.2, 0.25) is 0 Å². The van der Waals surface area contributed by atoms with Crippen LogP contribution in [0.15, 0.2) is 158 Å².